The number of ether oxygens (including phenoxy) is 2. The zero-order valence-electron chi connectivity index (χ0n) is 16.7. The average Bonchev–Trinajstić information content (AvgIpc) is 3.34. The van der Waals surface area contributed by atoms with E-state index < -0.39 is 5.91 Å². The van der Waals surface area contributed by atoms with Crippen molar-refractivity contribution >= 4 is 58.1 Å². The third kappa shape index (κ3) is 5.20. The van der Waals surface area contributed by atoms with Gasteiger partial charge in [-0.2, -0.15) is 0 Å². The minimum atomic E-state index is -0.402. The molecule has 10 heteroatoms. The molecule has 7 nitrogen and oxygen atoms in total. The van der Waals surface area contributed by atoms with E-state index in [1.807, 2.05) is 18.2 Å². The Morgan fingerprint density at radius 3 is 2.72 bits per heavy atom. The molecule has 2 aliphatic heterocycles. The van der Waals surface area contributed by atoms with E-state index >= 15 is 0 Å². The van der Waals surface area contributed by atoms with Crippen molar-refractivity contribution in [3.05, 3.63) is 62.5 Å². The van der Waals surface area contributed by atoms with Crippen LogP contribution in [0.25, 0.3) is 6.08 Å². The molecular formula is C22H18Cl2N2O5S. The summed E-state index contributed by atoms with van der Waals surface area (Å²) in [6.45, 7) is 0.479. The minimum Gasteiger partial charge on any atom is -0.454 e. The molecule has 4 rings (SSSR count). The lowest BCUT2D eigenvalue weighted by atomic mass is 10.1. The van der Waals surface area contributed by atoms with Crippen LogP contribution in [-0.2, 0) is 16.0 Å². The maximum absolute atomic E-state index is 12.6. The van der Waals surface area contributed by atoms with Crippen molar-refractivity contribution in [2.45, 2.75) is 12.8 Å². The standard InChI is InChI=1S/C22H18Cl2N2O5S/c23-15-4-1-14(9-16(15)24)11-19-21(28)26(22(29)32-19)8-7-25-20(27)6-3-13-2-5-17-18(10-13)31-12-30-17/h1-2,4-5,9-11H,3,6-8,12H2,(H,25,27)/b19-11+. The van der Waals surface area contributed by atoms with Crippen molar-refractivity contribution in [3.63, 3.8) is 0 Å². The smallest absolute Gasteiger partial charge is 0.293 e. The summed E-state index contributed by atoms with van der Waals surface area (Å²) < 4.78 is 10.6. The number of halogens is 2. The molecule has 0 bridgehead atoms. The molecule has 0 atom stereocenters. The summed E-state index contributed by atoms with van der Waals surface area (Å²) in [6.07, 6.45) is 2.41. The Morgan fingerprint density at radius 2 is 1.91 bits per heavy atom. The van der Waals surface area contributed by atoms with Crippen LogP contribution in [0.1, 0.15) is 17.5 Å². The van der Waals surface area contributed by atoms with Gasteiger partial charge in [0.05, 0.1) is 15.0 Å². The lowest BCUT2D eigenvalue weighted by molar-refractivity contribution is -0.124. The fourth-order valence-corrected chi connectivity index (χ4v) is 4.37. The van der Waals surface area contributed by atoms with Crippen LogP contribution in [0.4, 0.5) is 4.79 Å². The van der Waals surface area contributed by atoms with Crippen LogP contribution in [0.5, 0.6) is 11.5 Å². The SMILES string of the molecule is O=C(CCc1ccc2c(c1)OCO2)NCCN1C(=O)S/C(=C/c2ccc(Cl)c(Cl)c2)C1=O. The maximum Gasteiger partial charge on any atom is 0.293 e. The Hall–Kier alpha value is -2.68. The lowest BCUT2D eigenvalue weighted by Gasteiger charge is -2.13. The Balaban J connectivity index is 1.25. The highest BCUT2D eigenvalue weighted by Gasteiger charge is 2.34. The van der Waals surface area contributed by atoms with Crippen molar-refractivity contribution in [3.8, 4) is 11.5 Å². The first kappa shape index (κ1) is 22.5. The van der Waals surface area contributed by atoms with Crippen molar-refractivity contribution in [2.75, 3.05) is 19.9 Å². The molecule has 0 spiro atoms. The first-order valence-corrected chi connectivity index (χ1v) is 11.3. The summed E-state index contributed by atoms with van der Waals surface area (Å²) in [7, 11) is 0. The highest BCUT2D eigenvalue weighted by molar-refractivity contribution is 8.18. The van der Waals surface area contributed by atoms with E-state index in [9.17, 15) is 14.4 Å². The fraction of sp³-hybridized carbons (Fsp3) is 0.227. The highest BCUT2D eigenvalue weighted by Crippen LogP contribution is 2.34. The van der Waals surface area contributed by atoms with E-state index in [1.54, 1.807) is 24.3 Å². The molecule has 0 aromatic heterocycles. The van der Waals surface area contributed by atoms with Gasteiger partial charge in [-0.05, 0) is 59.7 Å². The molecule has 1 fully saturated rings. The van der Waals surface area contributed by atoms with Gasteiger partial charge < -0.3 is 14.8 Å². The van der Waals surface area contributed by atoms with Crippen LogP contribution in [0, 0.1) is 0 Å². The van der Waals surface area contributed by atoms with Crippen LogP contribution in [-0.4, -0.2) is 41.8 Å². The molecule has 0 radical (unpaired) electrons. The molecule has 32 heavy (non-hydrogen) atoms. The van der Waals surface area contributed by atoms with E-state index in [-0.39, 0.29) is 37.4 Å². The predicted octanol–water partition coefficient (Wildman–Crippen LogP) is 4.51. The predicted molar refractivity (Wildman–Crippen MR) is 123 cm³/mol. The Bertz CT molecular complexity index is 1120. The number of rotatable bonds is 7. The number of amides is 3. The molecule has 2 aromatic rings. The number of imide groups is 1. The van der Waals surface area contributed by atoms with Gasteiger partial charge in [-0.25, -0.2) is 0 Å². The van der Waals surface area contributed by atoms with Crippen LogP contribution in [0.2, 0.25) is 10.0 Å². The summed E-state index contributed by atoms with van der Waals surface area (Å²) in [5.41, 5.74) is 1.63. The van der Waals surface area contributed by atoms with Gasteiger partial charge in [0.25, 0.3) is 11.1 Å². The largest absolute Gasteiger partial charge is 0.454 e. The summed E-state index contributed by atoms with van der Waals surface area (Å²) >= 11 is 12.8. The topological polar surface area (TPSA) is 84.9 Å². The van der Waals surface area contributed by atoms with Crippen LogP contribution in [0.15, 0.2) is 41.3 Å². The Kier molecular flexibility index (Phi) is 6.93. The van der Waals surface area contributed by atoms with Gasteiger partial charge in [0.2, 0.25) is 12.7 Å². The van der Waals surface area contributed by atoms with Gasteiger partial charge >= 0.3 is 0 Å². The van der Waals surface area contributed by atoms with Crippen molar-refractivity contribution < 1.29 is 23.9 Å². The molecule has 2 aromatic carbocycles. The van der Waals surface area contributed by atoms with Gasteiger partial charge in [-0.15, -0.1) is 0 Å². The van der Waals surface area contributed by atoms with E-state index in [0.717, 1.165) is 22.2 Å². The number of hydrogen-bond acceptors (Lipinski definition) is 6. The molecule has 2 heterocycles. The number of hydrogen-bond donors (Lipinski definition) is 1. The number of thioether (sulfide) groups is 1. The summed E-state index contributed by atoms with van der Waals surface area (Å²) in [5.74, 6) is 0.807. The lowest BCUT2D eigenvalue weighted by Crippen LogP contribution is -2.37. The second-order valence-corrected chi connectivity index (χ2v) is 8.85. The van der Waals surface area contributed by atoms with E-state index in [0.29, 0.717) is 38.4 Å². The molecule has 0 unspecified atom stereocenters. The third-order valence-electron chi connectivity index (χ3n) is 4.85. The van der Waals surface area contributed by atoms with Gasteiger partial charge in [-0.3, -0.25) is 19.3 Å². The number of nitrogens with one attached hydrogen (secondary N) is 1. The molecular weight excluding hydrogens is 475 g/mol. The molecule has 1 N–H and O–H groups in total. The van der Waals surface area contributed by atoms with Gasteiger partial charge in [0.15, 0.2) is 11.5 Å². The van der Waals surface area contributed by atoms with Gasteiger partial charge in [-0.1, -0.05) is 35.3 Å². The van der Waals surface area contributed by atoms with Crippen molar-refractivity contribution in [1.82, 2.24) is 10.2 Å². The summed E-state index contributed by atoms with van der Waals surface area (Å²) in [4.78, 5) is 38.4. The van der Waals surface area contributed by atoms with E-state index in [2.05, 4.69) is 5.32 Å². The van der Waals surface area contributed by atoms with Crippen LogP contribution in [0.3, 0.4) is 0 Å². The zero-order valence-corrected chi connectivity index (χ0v) is 19.1. The molecule has 0 aliphatic carbocycles. The first-order chi connectivity index (χ1) is 15.4. The molecule has 2 aliphatic rings. The summed E-state index contributed by atoms with van der Waals surface area (Å²) in [6, 6.07) is 10.5. The van der Waals surface area contributed by atoms with Crippen molar-refractivity contribution in [1.29, 1.82) is 0 Å². The zero-order chi connectivity index (χ0) is 22.7. The number of benzene rings is 2. The second-order valence-electron chi connectivity index (χ2n) is 7.04. The van der Waals surface area contributed by atoms with Gasteiger partial charge in [0, 0.05) is 19.5 Å². The van der Waals surface area contributed by atoms with Crippen molar-refractivity contribution in [2.24, 2.45) is 0 Å². The number of aryl methyl sites for hydroxylation is 1. The number of carbonyl (C=O) groups excluding carboxylic acids is 3. The number of carbonyl (C=O) groups is 3. The normalized spacial score (nSPS) is 16.2. The maximum atomic E-state index is 12.6. The molecule has 166 valence electrons. The number of fused-ring (bicyclic) bond motifs is 1. The Labute approximate surface area is 198 Å². The molecule has 1 saturated heterocycles. The van der Waals surface area contributed by atoms with Crippen LogP contribution < -0.4 is 14.8 Å². The van der Waals surface area contributed by atoms with Gasteiger partial charge in [0.1, 0.15) is 0 Å². The fourth-order valence-electron chi connectivity index (χ4n) is 3.20. The first-order valence-electron chi connectivity index (χ1n) is 9.76. The monoisotopic (exact) mass is 492 g/mol. The second kappa shape index (κ2) is 9.85. The quantitative estimate of drug-likeness (QED) is 0.572. The summed E-state index contributed by atoms with van der Waals surface area (Å²) in [5, 5.41) is 3.14. The van der Waals surface area contributed by atoms with Crippen LogP contribution >= 0.6 is 35.0 Å². The number of nitrogens with zero attached hydrogens (tertiary/aromatic N) is 1. The molecule has 3 amide bonds. The minimum absolute atomic E-state index is 0.0964. The van der Waals surface area contributed by atoms with E-state index in [1.165, 1.54) is 0 Å². The third-order valence-corrected chi connectivity index (χ3v) is 6.50. The van der Waals surface area contributed by atoms with E-state index in [4.69, 9.17) is 32.7 Å². The average molecular weight is 493 g/mol. The highest BCUT2D eigenvalue weighted by atomic mass is 35.5. The molecule has 0 saturated carbocycles. The Morgan fingerprint density at radius 1 is 1.09 bits per heavy atom.